The number of aromatic amines is 1. The third kappa shape index (κ3) is 1.21. The van der Waals surface area contributed by atoms with Gasteiger partial charge in [-0.15, -0.1) is 0 Å². The van der Waals surface area contributed by atoms with Gasteiger partial charge >= 0.3 is 5.97 Å². The molecule has 0 saturated heterocycles. The standard InChI is InChI=1S/C9H5BrFNO2/c10-8-7(9(13)14)6-4(11)2-1-3-5(6)12-8/h1-3,12H,(H,13,14). The highest BCUT2D eigenvalue weighted by atomic mass is 79.9. The third-order valence-corrected chi connectivity index (χ3v) is 2.54. The molecule has 2 N–H and O–H groups in total. The van der Waals surface area contributed by atoms with Crippen LogP contribution in [-0.4, -0.2) is 16.1 Å². The van der Waals surface area contributed by atoms with Gasteiger partial charge in [0.15, 0.2) is 0 Å². The van der Waals surface area contributed by atoms with Gasteiger partial charge in [0.2, 0.25) is 0 Å². The van der Waals surface area contributed by atoms with Crippen molar-refractivity contribution in [2.24, 2.45) is 0 Å². The van der Waals surface area contributed by atoms with Gasteiger partial charge in [0.1, 0.15) is 11.4 Å². The first-order valence-corrected chi connectivity index (χ1v) is 4.59. The van der Waals surface area contributed by atoms with Gasteiger partial charge in [0.05, 0.1) is 15.5 Å². The fraction of sp³-hybridized carbons (Fsp3) is 0. The van der Waals surface area contributed by atoms with Crippen LogP contribution in [-0.2, 0) is 0 Å². The van der Waals surface area contributed by atoms with E-state index in [1.54, 1.807) is 6.07 Å². The number of rotatable bonds is 1. The van der Waals surface area contributed by atoms with Crippen molar-refractivity contribution < 1.29 is 14.3 Å². The minimum absolute atomic E-state index is 0.0712. The minimum atomic E-state index is -1.16. The van der Waals surface area contributed by atoms with E-state index >= 15 is 0 Å². The Bertz CT molecular complexity index is 521. The molecule has 0 aliphatic carbocycles. The van der Waals surface area contributed by atoms with Crippen LogP contribution >= 0.6 is 15.9 Å². The van der Waals surface area contributed by atoms with Gasteiger partial charge in [-0.3, -0.25) is 0 Å². The van der Waals surface area contributed by atoms with Crippen molar-refractivity contribution in [1.29, 1.82) is 0 Å². The van der Waals surface area contributed by atoms with Gasteiger partial charge in [0.25, 0.3) is 0 Å². The van der Waals surface area contributed by atoms with Crippen LogP contribution in [0.1, 0.15) is 10.4 Å². The van der Waals surface area contributed by atoms with Crippen LogP contribution in [0.15, 0.2) is 22.8 Å². The Morgan fingerprint density at radius 3 is 2.86 bits per heavy atom. The van der Waals surface area contributed by atoms with Crippen molar-refractivity contribution in [2.45, 2.75) is 0 Å². The summed E-state index contributed by atoms with van der Waals surface area (Å²) in [5, 5.41) is 8.96. The zero-order valence-electron chi connectivity index (χ0n) is 6.84. The molecular formula is C9H5BrFNO2. The second-order valence-corrected chi connectivity index (χ2v) is 3.57. The fourth-order valence-electron chi connectivity index (χ4n) is 1.37. The first kappa shape index (κ1) is 9.21. The molecule has 3 nitrogen and oxygen atoms in total. The van der Waals surface area contributed by atoms with E-state index < -0.39 is 11.8 Å². The molecule has 1 heterocycles. The van der Waals surface area contributed by atoms with Crippen LogP contribution in [0.2, 0.25) is 0 Å². The Morgan fingerprint density at radius 1 is 1.50 bits per heavy atom. The molecule has 0 aliphatic rings. The molecule has 0 fully saturated rings. The number of aromatic nitrogens is 1. The maximum absolute atomic E-state index is 13.3. The molecule has 0 amide bonds. The molecule has 5 heteroatoms. The molecule has 14 heavy (non-hydrogen) atoms. The zero-order valence-corrected chi connectivity index (χ0v) is 8.43. The summed E-state index contributed by atoms with van der Waals surface area (Å²) in [6, 6.07) is 4.37. The number of carbonyl (C=O) groups is 1. The molecule has 1 aromatic carbocycles. The van der Waals surface area contributed by atoms with Crippen LogP contribution in [0.5, 0.6) is 0 Å². The molecule has 72 valence electrons. The molecule has 0 bridgehead atoms. The molecule has 0 aliphatic heterocycles. The lowest BCUT2D eigenvalue weighted by atomic mass is 10.1. The highest BCUT2D eigenvalue weighted by molar-refractivity contribution is 9.10. The Balaban J connectivity index is 2.93. The highest BCUT2D eigenvalue weighted by Crippen LogP contribution is 2.28. The number of carboxylic acid groups (broad SMARTS) is 1. The zero-order chi connectivity index (χ0) is 10.3. The van der Waals surface area contributed by atoms with E-state index in [9.17, 15) is 9.18 Å². The molecular weight excluding hydrogens is 253 g/mol. The summed E-state index contributed by atoms with van der Waals surface area (Å²) in [4.78, 5) is 13.6. The number of hydrogen-bond acceptors (Lipinski definition) is 1. The average Bonchev–Trinajstić information content (AvgIpc) is 2.42. The van der Waals surface area contributed by atoms with Gasteiger partial charge in [0, 0.05) is 0 Å². The second-order valence-electron chi connectivity index (χ2n) is 2.78. The number of fused-ring (bicyclic) bond motifs is 1. The summed E-state index contributed by atoms with van der Waals surface area (Å²) < 4.78 is 13.6. The number of aromatic carboxylic acids is 1. The van der Waals surface area contributed by atoms with Gasteiger partial charge < -0.3 is 10.1 Å². The second kappa shape index (κ2) is 3.09. The lowest BCUT2D eigenvalue weighted by Crippen LogP contribution is -1.96. The number of carboxylic acids is 1. The number of benzene rings is 1. The molecule has 0 radical (unpaired) electrons. The van der Waals surface area contributed by atoms with Crippen molar-refractivity contribution in [1.82, 2.24) is 4.98 Å². The van der Waals surface area contributed by atoms with E-state index in [0.29, 0.717) is 5.52 Å². The summed E-state index contributed by atoms with van der Waals surface area (Å²) in [6.07, 6.45) is 0. The maximum atomic E-state index is 13.3. The lowest BCUT2D eigenvalue weighted by molar-refractivity contribution is 0.0698. The SMILES string of the molecule is O=C(O)c1c(Br)[nH]c2cccc(F)c12. The van der Waals surface area contributed by atoms with Crippen LogP contribution in [0.3, 0.4) is 0 Å². The predicted octanol–water partition coefficient (Wildman–Crippen LogP) is 2.77. The predicted molar refractivity (Wildman–Crippen MR) is 52.9 cm³/mol. The Labute approximate surface area is 86.7 Å². The monoisotopic (exact) mass is 257 g/mol. The highest BCUT2D eigenvalue weighted by Gasteiger charge is 2.18. The Hall–Kier alpha value is -1.36. The Kier molecular flexibility index (Phi) is 2.03. The largest absolute Gasteiger partial charge is 0.478 e. The van der Waals surface area contributed by atoms with Gasteiger partial charge in [-0.1, -0.05) is 6.07 Å². The third-order valence-electron chi connectivity index (χ3n) is 1.94. The van der Waals surface area contributed by atoms with E-state index in [-0.39, 0.29) is 15.6 Å². The van der Waals surface area contributed by atoms with Crippen molar-refractivity contribution >= 4 is 32.8 Å². The van der Waals surface area contributed by atoms with E-state index in [0.717, 1.165) is 0 Å². The van der Waals surface area contributed by atoms with Gasteiger partial charge in [-0.05, 0) is 28.1 Å². The number of halogens is 2. The summed E-state index contributed by atoms with van der Waals surface area (Å²) in [5.41, 5.74) is 0.396. The van der Waals surface area contributed by atoms with E-state index in [2.05, 4.69) is 20.9 Å². The maximum Gasteiger partial charge on any atom is 0.339 e. The van der Waals surface area contributed by atoms with Crippen LogP contribution in [0.25, 0.3) is 10.9 Å². The molecule has 0 atom stereocenters. The molecule has 1 aromatic heterocycles. The number of H-pyrrole nitrogens is 1. The van der Waals surface area contributed by atoms with E-state index in [1.165, 1.54) is 12.1 Å². The smallest absolute Gasteiger partial charge is 0.339 e. The average molecular weight is 258 g/mol. The minimum Gasteiger partial charge on any atom is -0.478 e. The first-order chi connectivity index (χ1) is 6.61. The number of nitrogens with one attached hydrogen (secondary N) is 1. The lowest BCUT2D eigenvalue weighted by Gasteiger charge is -1.93. The molecule has 2 rings (SSSR count). The van der Waals surface area contributed by atoms with Crippen LogP contribution in [0, 0.1) is 5.82 Å². The molecule has 0 unspecified atom stereocenters. The number of hydrogen-bond donors (Lipinski definition) is 2. The van der Waals surface area contributed by atoms with Gasteiger partial charge in [-0.25, -0.2) is 9.18 Å². The van der Waals surface area contributed by atoms with Crippen LogP contribution < -0.4 is 0 Å². The molecule has 2 aromatic rings. The molecule has 0 spiro atoms. The van der Waals surface area contributed by atoms with Crippen LogP contribution in [0.4, 0.5) is 4.39 Å². The summed E-state index contributed by atoms with van der Waals surface area (Å²) in [5.74, 6) is -1.70. The Morgan fingerprint density at radius 2 is 2.21 bits per heavy atom. The summed E-state index contributed by atoms with van der Waals surface area (Å²) in [6.45, 7) is 0. The quantitative estimate of drug-likeness (QED) is 0.826. The normalized spacial score (nSPS) is 10.7. The topological polar surface area (TPSA) is 53.1 Å². The summed E-state index contributed by atoms with van der Waals surface area (Å²) in [7, 11) is 0. The summed E-state index contributed by atoms with van der Waals surface area (Å²) >= 11 is 3.04. The van der Waals surface area contributed by atoms with Crippen molar-refractivity contribution in [3.63, 3.8) is 0 Å². The van der Waals surface area contributed by atoms with Crippen molar-refractivity contribution in [2.75, 3.05) is 0 Å². The van der Waals surface area contributed by atoms with Gasteiger partial charge in [-0.2, -0.15) is 0 Å². The van der Waals surface area contributed by atoms with Crippen molar-refractivity contribution in [3.05, 3.63) is 34.2 Å². The van der Waals surface area contributed by atoms with E-state index in [4.69, 9.17) is 5.11 Å². The van der Waals surface area contributed by atoms with Crippen molar-refractivity contribution in [3.8, 4) is 0 Å². The fourth-order valence-corrected chi connectivity index (χ4v) is 1.96. The molecule has 0 saturated carbocycles. The first-order valence-electron chi connectivity index (χ1n) is 3.80. The van der Waals surface area contributed by atoms with E-state index in [1.807, 2.05) is 0 Å².